The van der Waals surface area contributed by atoms with E-state index >= 15 is 0 Å². The van der Waals surface area contributed by atoms with Crippen molar-refractivity contribution in [1.29, 1.82) is 0 Å². The van der Waals surface area contributed by atoms with Crippen LogP contribution in [0.5, 0.6) is 0 Å². The van der Waals surface area contributed by atoms with Crippen molar-refractivity contribution in [1.82, 2.24) is 10.6 Å². The van der Waals surface area contributed by atoms with Gasteiger partial charge in [-0.3, -0.25) is 14.4 Å². The molecule has 5 heteroatoms. The number of hydrogen-bond acceptors (Lipinski definition) is 3. The maximum Gasteiger partial charge on any atom is 0.251 e. The van der Waals surface area contributed by atoms with Crippen molar-refractivity contribution < 1.29 is 14.4 Å². The van der Waals surface area contributed by atoms with Gasteiger partial charge in [-0.25, -0.2) is 0 Å². The average molecular weight is 352 g/mol. The van der Waals surface area contributed by atoms with Crippen molar-refractivity contribution >= 4 is 17.6 Å². The van der Waals surface area contributed by atoms with Crippen molar-refractivity contribution in [2.75, 3.05) is 13.1 Å². The van der Waals surface area contributed by atoms with E-state index < -0.39 is 0 Å². The van der Waals surface area contributed by atoms with Crippen LogP contribution in [0.15, 0.2) is 48.5 Å². The number of rotatable bonds is 8. The van der Waals surface area contributed by atoms with Crippen LogP contribution in [-0.4, -0.2) is 30.7 Å². The zero-order valence-electron chi connectivity index (χ0n) is 15.2. The Morgan fingerprint density at radius 2 is 1.19 bits per heavy atom. The van der Waals surface area contributed by atoms with E-state index in [-0.39, 0.29) is 30.4 Å². The summed E-state index contributed by atoms with van der Waals surface area (Å²) in [4.78, 5) is 35.8. The molecule has 0 bridgehead atoms. The highest BCUT2D eigenvalue weighted by Gasteiger charge is 2.09. The maximum absolute atomic E-state index is 12.0. The van der Waals surface area contributed by atoms with Gasteiger partial charge >= 0.3 is 0 Å². The lowest BCUT2D eigenvalue weighted by atomic mass is 10.1. The van der Waals surface area contributed by atoms with Gasteiger partial charge in [0.25, 0.3) is 5.91 Å². The topological polar surface area (TPSA) is 75.3 Å². The Morgan fingerprint density at radius 3 is 1.77 bits per heavy atom. The number of amides is 2. The van der Waals surface area contributed by atoms with Crippen molar-refractivity contribution in [3.63, 3.8) is 0 Å². The zero-order valence-corrected chi connectivity index (χ0v) is 15.2. The molecule has 0 aliphatic rings. The number of carbonyl (C=O) groups excluding carboxylic acids is 3. The Balaban J connectivity index is 1.64. The van der Waals surface area contributed by atoms with E-state index in [4.69, 9.17) is 0 Å². The smallest absolute Gasteiger partial charge is 0.251 e. The molecule has 0 aliphatic carbocycles. The molecule has 2 rings (SSSR count). The zero-order chi connectivity index (χ0) is 18.9. The number of benzene rings is 2. The molecule has 0 aromatic heterocycles. The second-order valence-electron chi connectivity index (χ2n) is 6.26. The predicted octanol–water partition coefficient (Wildman–Crippen LogP) is 2.81. The highest BCUT2D eigenvalue weighted by molar-refractivity contribution is 5.98. The van der Waals surface area contributed by atoms with Gasteiger partial charge in [-0.15, -0.1) is 0 Å². The minimum Gasteiger partial charge on any atom is -0.354 e. The predicted molar refractivity (Wildman–Crippen MR) is 101 cm³/mol. The third-order valence-electron chi connectivity index (χ3n) is 4.00. The molecule has 0 atom stereocenters. The first-order valence-electron chi connectivity index (χ1n) is 8.67. The molecule has 2 amide bonds. The van der Waals surface area contributed by atoms with E-state index in [1.165, 1.54) is 0 Å². The van der Waals surface area contributed by atoms with Crippen LogP contribution in [0.2, 0.25) is 0 Å². The molecule has 0 spiro atoms. The van der Waals surface area contributed by atoms with Crippen LogP contribution in [0.4, 0.5) is 0 Å². The highest BCUT2D eigenvalue weighted by Crippen LogP contribution is 2.07. The molecule has 136 valence electrons. The van der Waals surface area contributed by atoms with Crippen LogP contribution < -0.4 is 10.6 Å². The molecule has 2 aromatic rings. The molecule has 0 saturated carbocycles. The van der Waals surface area contributed by atoms with Crippen LogP contribution in [0.3, 0.4) is 0 Å². The largest absolute Gasteiger partial charge is 0.354 e. The first kappa shape index (κ1) is 19.4. The molecular formula is C21H24N2O3. The standard InChI is InChI=1S/C21H24N2O3/c1-15-3-7-17(8-4-15)19(24)11-12-20(25)22-13-14-23-21(26)18-9-5-16(2)6-10-18/h3-10H,11-14H2,1-2H3,(H,22,25)(H,23,26). The second kappa shape index (κ2) is 9.51. The summed E-state index contributed by atoms with van der Waals surface area (Å²) in [5.74, 6) is -0.420. The van der Waals surface area contributed by atoms with Gasteiger partial charge in [0.2, 0.25) is 5.91 Å². The van der Waals surface area contributed by atoms with Gasteiger partial charge in [0, 0.05) is 37.1 Å². The van der Waals surface area contributed by atoms with Crippen molar-refractivity contribution in [3.8, 4) is 0 Å². The van der Waals surface area contributed by atoms with Crippen molar-refractivity contribution in [3.05, 3.63) is 70.8 Å². The summed E-state index contributed by atoms with van der Waals surface area (Å²) in [5, 5.41) is 5.46. The average Bonchev–Trinajstić information content (AvgIpc) is 2.64. The van der Waals surface area contributed by atoms with E-state index in [1.54, 1.807) is 24.3 Å². The third kappa shape index (κ3) is 6.16. The van der Waals surface area contributed by atoms with Crippen LogP contribution in [0.1, 0.15) is 44.7 Å². The third-order valence-corrected chi connectivity index (χ3v) is 4.00. The number of aryl methyl sites for hydroxylation is 2. The fourth-order valence-electron chi connectivity index (χ4n) is 2.38. The van der Waals surface area contributed by atoms with Crippen LogP contribution in [0, 0.1) is 13.8 Å². The van der Waals surface area contributed by atoms with Crippen molar-refractivity contribution in [2.45, 2.75) is 26.7 Å². The summed E-state index contributed by atoms with van der Waals surface area (Å²) >= 11 is 0. The number of carbonyl (C=O) groups is 3. The molecule has 5 nitrogen and oxygen atoms in total. The first-order chi connectivity index (χ1) is 12.5. The van der Waals surface area contributed by atoms with Gasteiger partial charge < -0.3 is 10.6 Å². The molecule has 0 saturated heterocycles. The minimum atomic E-state index is -0.199. The summed E-state index contributed by atoms with van der Waals surface area (Å²) in [6, 6.07) is 14.6. The molecule has 0 aliphatic heterocycles. The Labute approximate surface area is 153 Å². The molecule has 2 aromatic carbocycles. The Kier molecular flexibility index (Phi) is 7.09. The molecule has 0 heterocycles. The van der Waals surface area contributed by atoms with Gasteiger partial charge in [0.05, 0.1) is 0 Å². The summed E-state index contributed by atoms with van der Waals surface area (Å²) in [6.45, 7) is 4.58. The molecule has 0 unspecified atom stereocenters. The summed E-state index contributed by atoms with van der Waals surface area (Å²) in [5.41, 5.74) is 3.39. The first-order valence-corrected chi connectivity index (χ1v) is 8.67. The molecular weight excluding hydrogens is 328 g/mol. The van der Waals surface area contributed by atoms with Gasteiger partial charge in [-0.2, -0.15) is 0 Å². The van der Waals surface area contributed by atoms with E-state index in [0.717, 1.165) is 11.1 Å². The SMILES string of the molecule is Cc1ccc(C(=O)CCC(=O)NCCNC(=O)c2ccc(C)cc2)cc1. The monoisotopic (exact) mass is 352 g/mol. The lowest BCUT2D eigenvalue weighted by Crippen LogP contribution is -2.34. The Hall–Kier alpha value is -2.95. The number of ketones is 1. The summed E-state index contributed by atoms with van der Waals surface area (Å²) in [6.07, 6.45) is 0.309. The van der Waals surface area contributed by atoms with Gasteiger partial charge in [0.1, 0.15) is 0 Å². The Morgan fingerprint density at radius 1 is 0.692 bits per heavy atom. The van der Waals surface area contributed by atoms with Gasteiger partial charge in [-0.05, 0) is 26.0 Å². The number of hydrogen-bond donors (Lipinski definition) is 2. The minimum absolute atomic E-state index is 0.0483. The fourth-order valence-corrected chi connectivity index (χ4v) is 2.38. The molecule has 26 heavy (non-hydrogen) atoms. The van der Waals surface area contributed by atoms with E-state index in [0.29, 0.717) is 24.2 Å². The molecule has 0 radical (unpaired) electrons. The molecule has 0 fully saturated rings. The van der Waals surface area contributed by atoms with Crippen LogP contribution in [-0.2, 0) is 4.79 Å². The summed E-state index contributed by atoms with van der Waals surface area (Å²) < 4.78 is 0. The second-order valence-corrected chi connectivity index (χ2v) is 6.26. The number of nitrogens with one attached hydrogen (secondary N) is 2. The quantitative estimate of drug-likeness (QED) is 0.567. The van der Waals surface area contributed by atoms with E-state index in [2.05, 4.69) is 10.6 Å². The summed E-state index contributed by atoms with van der Waals surface area (Å²) in [7, 11) is 0. The van der Waals surface area contributed by atoms with Crippen molar-refractivity contribution in [2.24, 2.45) is 0 Å². The van der Waals surface area contributed by atoms with E-state index in [9.17, 15) is 14.4 Å². The van der Waals surface area contributed by atoms with E-state index in [1.807, 2.05) is 38.1 Å². The maximum atomic E-state index is 12.0. The molecule has 2 N–H and O–H groups in total. The highest BCUT2D eigenvalue weighted by atomic mass is 16.2. The fraction of sp³-hybridized carbons (Fsp3) is 0.286. The van der Waals surface area contributed by atoms with Gasteiger partial charge in [-0.1, -0.05) is 47.5 Å². The Bertz CT molecular complexity index is 765. The number of Topliss-reactive ketones (excluding diaryl/α,β-unsaturated/α-hetero) is 1. The normalized spacial score (nSPS) is 10.2. The lowest BCUT2D eigenvalue weighted by Gasteiger charge is -2.07. The van der Waals surface area contributed by atoms with Crippen LogP contribution >= 0.6 is 0 Å². The lowest BCUT2D eigenvalue weighted by molar-refractivity contribution is -0.121. The van der Waals surface area contributed by atoms with Crippen LogP contribution in [0.25, 0.3) is 0 Å². The van der Waals surface area contributed by atoms with Gasteiger partial charge in [0.15, 0.2) is 5.78 Å².